The first-order valence-electron chi connectivity index (χ1n) is 6.80. The minimum absolute atomic E-state index is 0.131. The Balaban J connectivity index is 2.38. The van der Waals surface area contributed by atoms with E-state index in [0.717, 1.165) is 0 Å². The molecule has 0 unspecified atom stereocenters. The summed E-state index contributed by atoms with van der Waals surface area (Å²) in [6.07, 6.45) is 5.20. The molecule has 112 valence electrons. The largest absolute Gasteiger partial charge is 0.507 e. The molecule has 3 aromatic rings. The van der Waals surface area contributed by atoms with Gasteiger partial charge in [0.25, 0.3) is 5.56 Å². The molecule has 0 radical (unpaired) electrons. The lowest BCUT2D eigenvalue weighted by Gasteiger charge is -2.13. The number of hydrogen-bond acceptors (Lipinski definition) is 4. The van der Waals surface area contributed by atoms with E-state index in [2.05, 4.69) is 13.2 Å². The first kappa shape index (κ1) is 14.0. The highest BCUT2D eigenvalue weighted by Crippen LogP contribution is 2.35. The third-order valence-electron chi connectivity index (χ3n) is 3.39. The number of fused-ring (bicyclic) bond motifs is 2. The van der Waals surface area contributed by atoms with Crippen LogP contribution >= 0.6 is 0 Å². The lowest BCUT2D eigenvalue weighted by atomic mass is 10.1. The van der Waals surface area contributed by atoms with E-state index in [0.29, 0.717) is 23.4 Å². The van der Waals surface area contributed by atoms with E-state index in [9.17, 15) is 9.90 Å². The van der Waals surface area contributed by atoms with Gasteiger partial charge < -0.3 is 14.3 Å². The molecule has 0 aliphatic carbocycles. The van der Waals surface area contributed by atoms with Gasteiger partial charge in [-0.15, -0.1) is 6.58 Å². The maximum absolute atomic E-state index is 12.5. The van der Waals surface area contributed by atoms with E-state index in [1.807, 2.05) is 0 Å². The van der Waals surface area contributed by atoms with Crippen molar-refractivity contribution < 1.29 is 14.3 Å². The summed E-state index contributed by atoms with van der Waals surface area (Å²) < 4.78 is 12.6. The molecule has 0 amide bonds. The molecular weight excluding hydrogens is 282 g/mol. The lowest BCUT2D eigenvalue weighted by Crippen LogP contribution is -2.12. The van der Waals surface area contributed by atoms with Crippen LogP contribution in [-0.2, 0) is 6.42 Å². The van der Waals surface area contributed by atoms with Crippen molar-refractivity contribution in [2.24, 2.45) is 0 Å². The molecule has 0 bridgehead atoms. The van der Waals surface area contributed by atoms with Crippen LogP contribution in [-0.4, -0.2) is 16.1 Å². The zero-order valence-corrected chi connectivity index (χ0v) is 11.9. The van der Waals surface area contributed by atoms with Crippen LogP contribution in [0.25, 0.3) is 16.7 Å². The van der Waals surface area contributed by atoms with Crippen molar-refractivity contribution in [2.75, 3.05) is 6.61 Å². The number of ether oxygens (including phenoxy) is 1. The van der Waals surface area contributed by atoms with Gasteiger partial charge in [-0.2, -0.15) is 0 Å². The monoisotopic (exact) mass is 297 g/mol. The summed E-state index contributed by atoms with van der Waals surface area (Å²) in [5.74, 6) is 0.310. The van der Waals surface area contributed by atoms with Crippen LogP contribution in [0.1, 0.15) is 5.56 Å². The Bertz CT molecular complexity index is 933. The van der Waals surface area contributed by atoms with Crippen LogP contribution in [0, 0.1) is 0 Å². The second-order valence-corrected chi connectivity index (χ2v) is 4.79. The minimum Gasteiger partial charge on any atom is -0.507 e. The van der Waals surface area contributed by atoms with Crippen LogP contribution in [0.5, 0.6) is 11.5 Å². The first-order valence-corrected chi connectivity index (χ1v) is 6.80. The number of aromatic hydroxyl groups is 1. The smallest absolute Gasteiger partial charge is 0.272 e. The van der Waals surface area contributed by atoms with Gasteiger partial charge in [-0.1, -0.05) is 18.7 Å². The number of aromatic nitrogens is 1. The fourth-order valence-corrected chi connectivity index (χ4v) is 2.42. The summed E-state index contributed by atoms with van der Waals surface area (Å²) in [6, 6.07) is 5.00. The molecule has 22 heavy (non-hydrogen) atoms. The van der Waals surface area contributed by atoms with Crippen molar-refractivity contribution in [3.8, 4) is 11.5 Å². The number of benzene rings is 1. The first-order chi connectivity index (χ1) is 10.7. The van der Waals surface area contributed by atoms with E-state index in [1.165, 1.54) is 4.40 Å². The van der Waals surface area contributed by atoms with Gasteiger partial charge in [0.05, 0.1) is 0 Å². The molecule has 0 aliphatic heterocycles. The number of rotatable bonds is 5. The summed E-state index contributed by atoms with van der Waals surface area (Å²) >= 11 is 0. The summed E-state index contributed by atoms with van der Waals surface area (Å²) in [6.45, 7) is 7.55. The van der Waals surface area contributed by atoms with Gasteiger partial charge in [0.1, 0.15) is 29.1 Å². The SMILES string of the molecule is C=CCOc1cc2oc3cccn3c(=O)c2c(O)c1CC=C. The molecule has 2 aromatic heterocycles. The summed E-state index contributed by atoms with van der Waals surface area (Å²) in [5, 5.41) is 10.6. The molecular formula is C17H15NO4. The van der Waals surface area contributed by atoms with Crippen molar-refractivity contribution >= 4 is 16.7 Å². The van der Waals surface area contributed by atoms with Gasteiger partial charge in [-0.3, -0.25) is 9.20 Å². The number of allylic oxidation sites excluding steroid dienone is 1. The van der Waals surface area contributed by atoms with E-state index in [-0.39, 0.29) is 28.9 Å². The number of hydrogen-bond donors (Lipinski definition) is 1. The van der Waals surface area contributed by atoms with Crippen LogP contribution in [0.4, 0.5) is 0 Å². The van der Waals surface area contributed by atoms with Crippen LogP contribution in [0.3, 0.4) is 0 Å². The second kappa shape index (κ2) is 5.44. The third-order valence-corrected chi connectivity index (χ3v) is 3.39. The van der Waals surface area contributed by atoms with Gasteiger partial charge in [-0.25, -0.2) is 0 Å². The Morgan fingerprint density at radius 1 is 1.36 bits per heavy atom. The number of phenols is 1. The topological polar surface area (TPSA) is 64.1 Å². The number of phenolic OH excluding ortho intramolecular Hbond substituents is 1. The average molecular weight is 297 g/mol. The molecule has 0 spiro atoms. The van der Waals surface area contributed by atoms with Gasteiger partial charge in [0.15, 0.2) is 0 Å². The quantitative estimate of drug-likeness (QED) is 0.735. The molecule has 0 saturated heterocycles. The Kier molecular flexibility index (Phi) is 3.47. The molecule has 1 N–H and O–H groups in total. The fraction of sp³-hybridized carbons (Fsp3) is 0.118. The van der Waals surface area contributed by atoms with E-state index in [4.69, 9.17) is 9.15 Å². The molecule has 3 rings (SSSR count). The Hall–Kier alpha value is -2.95. The van der Waals surface area contributed by atoms with Crippen molar-refractivity contribution in [1.82, 2.24) is 4.40 Å². The normalized spacial score (nSPS) is 10.9. The van der Waals surface area contributed by atoms with Crippen molar-refractivity contribution in [1.29, 1.82) is 0 Å². The van der Waals surface area contributed by atoms with E-state index >= 15 is 0 Å². The van der Waals surface area contributed by atoms with Crippen molar-refractivity contribution in [2.45, 2.75) is 6.42 Å². The van der Waals surface area contributed by atoms with E-state index < -0.39 is 0 Å². The Labute approximate surface area is 126 Å². The maximum atomic E-state index is 12.5. The van der Waals surface area contributed by atoms with Gasteiger partial charge in [0, 0.05) is 23.9 Å². The standard InChI is InChI=1S/C17H15NO4/c1-3-6-11-12(21-9-4-2)10-13-15(16(11)19)17(20)18-8-5-7-14(18)22-13/h3-5,7-8,10,19H,1-2,6,9H2. The maximum Gasteiger partial charge on any atom is 0.272 e. The minimum atomic E-state index is -0.334. The fourth-order valence-electron chi connectivity index (χ4n) is 2.42. The summed E-state index contributed by atoms with van der Waals surface area (Å²) in [5.41, 5.74) is 0.853. The Morgan fingerprint density at radius 3 is 2.91 bits per heavy atom. The average Bonchev–Trinajstić information content (AvgIpc) is 2.97. The van der Waals surface area contributed by atoms with Crippen LogP contribution in [0.15, 0.2) is 58.9 Å². The highest BCUT2D eigenvalue weighted by molar-refractivity contribution is 5.87. The number of nitrogens with zero attached hydrogens (tertiary/aromatic N) is 1. The second-order valence-electron chi connectivity index (χ2n) is 4.79. The van der Waals surface area contributed by atoms with E-state index in [1.54, 1.807) is 36.5 Å². The van der Waals surface area contributed by atoms with Crippen molar-refractivity contribution in [3.05, 3.63) is 65.6 Å². The van der Waals surface area contributed by atoms with Crippen molar-refractivity contribution in [3.63, 3.8) is 0 Å². The zero-order valence-electron chi connectivity index (χ0n) is 11.9. The van der Waals surface area contributed by atoms with Gasteiger partial charge in [0.2, 0.25) is 5.71 Å². The van der Waals surface area contributed by atoms with Crippen LogP contribution < -0.4 is 10.3 Å². The molecule has 0 fully saturated rings. The molecule has 1 aromatic carbocycles. The summed E-state index contributed by atoms with van der Waals surface area (Å²) in [4.78, 5) is 12.5. The lowest BCUT2D eigenvalue weighted by molar-refractivity contribution is 0.355. The highest BCUT2D eigenvalue weighted by Gasteiger charge is 2.18. The predicted molar refractivity (Wildman–Crippen MR) is 84.7 cm³/mol. The third kappa shape index (κ3) is 2.07. The zero-order chi connectivity index (χ0) is 15.7. The molecule has 0 atom stereocenters. The predicted octanol–water partition coefficient (Wildman–Crippen LogP) is 3.04. The highest BCUT2D eigenvalue weighted by atomic mass is 16.5. The Morgan fingerprint density at radius 2 is 2.18 bits per heavy atom. The summed E-state index contributed by atoms with van der Waals surface area (Å²) in [7, 11) is 0. The molecule has 0 saturated carbocycles. The molecule has 0 aliphatic rings. The molecule has 5 heteroatoms. The van der Waals surface area contributed by atoms with Gasteiger partial charge >= 0.3 is 0 Å². The van der Waals surface area contributed by atoms with Crippen LogP contribution in [0.2, 0.25) is 0 Å². The molecule has 2 heterocycles. The molecule has 5 nitrogen and oxygen atoms in total. The van der Waals surface area contributed by atoms with Gasteiger partial charge in [-0.05, 0) is 12.5 Å².